The average Bonchev–Trinajstić information content (AvgIpc) is 3.14. The number of nitrogens with zero attached hydrogens (tertiary/aromatic N) is 3. The molecule has 128 valence electrons. The second-order valence-corrected chi connectivity index (χ2v) is 7.38. The van der Waals surface area contributed by atoms with Crippen molar-refractivity contribution in [1.29, 1.82) is 0 Å². The Morgan fingerprint density at radius 2 is 2.04 bits per heavy atom. The van der Waals surface area contributed by atoms with Gasteiger partial charge >= 0.3 is 0 Å². The predicted octanol–water partition coefficient (Wildman–Crippen LogP) is 3.63. The molecule has 0 spiro atoms. The first kappa shape index (κ1) is 15.3. The van der Waals surface area contributed by atoms with Crippen molar-refractivity contribution in [3.63, 3.8) is 0 Å². The van der Waals surface area contributed by atoms with Gasteiger partial charge in [0.15, 0.2) is 11.5 Å². The molecule has 1 N–H and O–H groups in total. The lowest BCUT2D eigenvalue weighted by atomic mass is 9.83. The first-order valence-corrected chi connectivity index (χ1v) is 8.63. The van der Waals surface area contributed by atoms with Gasteiger partial charge in [-0.2, -0.15) is 5.10 Å². The Labute approximate surface area is 142 Å². The van der Waals surface area contributed by atoms with Crippen molar-refractivity contribution < 1.29 is 9.47 Å². The molecule has 3 atom stereocenters. The molecule has 1 aromatic heterocycles. The summed E-state index contributed by atoms with van der Waals surface area (Å²) in [5, 5.41) is 8.04. The van der Waals surface area contributed by atoms with E-state index in [0.717, 1.165) is 30.0 Å². The van der Waals surface area contributed by atoms with Crippen LogP contribution in [-0.4, -0.2) is 26.6 Å². The van der Waals surface area contributed by atoms with Crippen molar-refractivity contribution >= 4 is 5.69 Å². The minimum atomic E-state index is -0.593. The summed E-state index contributed by atoms with van der Waals surface area (Å²) in [6, 6.07) is 6.71. The van der Waals surface area contributed by atoms with E-state index < -0.39 is 5.79 Å². The summed E-state index contributed by atoms with van der Waals surface area (Å²) in [4.78, 5) is 4.11. The van der Waals surface area contributed by atoms with E-state index >= 15 is 0 Å². The average molecular weight is 328 g/mol. The van der Waals surface area contributed by atoms with Crippen LogP contribution in [0.25, 0.3) is 0 Å². The van der Waals surface area contributed by atoms with E-state index in [0.29, 0.717) is 18.0 Å². The fourth-order valence-corrected chi connectivity index (χ4v) is 3.73. The Kier molecular flexibility index (Phi) is 3.62. The van der Waals surface area contributed by atoms with Gasteiger partial charge in [-0.05, 0) is 37.3 Å². The minimum absolute atomic E-state index is 0.318. The molecule has 2 aromatic rings. The Hall–Kier alpha value is -2.24. The van der Waals surface area contributed by atoms with Crippen LogP contribution in [0.1, 0.15) is 46.1 Å². The molecule has 2 aliphatic rings. The zero-order valence-corrected chi connectivity index (χ0v) is 14.4. The highest BCUT2D eigenvalue weighted by Gasteiger charge is 2.33. The Bertz CT molecular complexity index is 714. The lowest BCUT2D eigenvalue weighted by Crippen LogP contribution is -2.36. The van der Waals surface area contributed by atoms with E-state index in [4.69, 9.17) is 9.47 Å². The molecule has 6 heteroatoms. The summed E-state index contributed by atoms with van der Waals surface area (Å²) >= 11 is 0. The highest BCUT2D eigenvalue weighted by Crippen LogP contribution is 2.41. The second-order valence-electron chi connectivity index (χ2n) is 7.38. The summed E-state index contributed by atoms with van der Waals surface area (Å²) in [6.07, 6.45) is 6.88. The molecular weight excluding hydrogens is 304 g/mol. The van der Waals surface area contributed by atoms with Crippen molar-refractivity contribution in [2.24, 2.45) is 5.92 Å². The van der Waals surface area contributed by atoms with E-state index in [1.165, 1.54) is 6.42 Å². The van der Waals surface area contributed by atoms with Crippen LogP contribution in [0.3, 0.4) is 0 Å². The van der Waals surface area contributed by atoms with E-state index in [1.54, 1.807) is 6.33 Å². The van der Waals surface area contributed by atoms with E-state index in [1.807, 2.05) is 37.0 Å². The van der Waals surface area contributed by atoms with Crippen LogP contribution in [0, 0.1) is 5.92 Å². The van der Waals surface area contributed by atoms with Crippen LogP contribution in [0.4, 0.5) is 5.69 Å². The van der Waals surface area contributed by atoms with Crippen LogP contribution < -0.4 is 14.8 Å². The second kappa shape index (κ2) is 5.69. The summed E-state index contributed by atoms with van der Waals surface area (Å²) in [7, 11) is 0. The summed E-state index contributed by atoms with van der Waals surface area (Å²) in [5.74, 6) is 1.71. The summed E-state index contributed by atoms with van der Waals surface area (Å²) in [5.41, 5.74) is 1.06. The first-order valence-electron chi connectivity index (χ1n) is 8.63. The molecule has 24 heavy (non-hydrogen) atoms. The maximum Gasteiger partial charge on any atom is 0.246 e. The van der Waals surface area contributed by atoms with E-state index in [-0.39, 0.29) is 0 Å². The third-order valence-corrected chi connectivity index (χ3v) is 4.86. The van der Waals surface area contributed by atoms with Gasteiger partial charge in [-0.25, -0.2) is 9.67 Å². The van der Waals surface area contributed by atoms with Gasteiger partial charge in [0.1, 0.15) is 12.7 Å². The number of rotatable bonds is 3. The molecule has 1 aliphatic heterocycles. The third kappa shape index (κ3) is 2.92. The third-order valence-electron chi connectivity index (χ3n) is 4.86. The monoisotopic (exact) mass is 328 g/mol. The lowest BCUT2D eigenvalue weighted by molar-refractivity contribution is -0.0431. The van der Waals surface area contributed by atoms with Gasteiger partial charge in [0.05, 0.1) is 6.04 Å². The molecule has 0 amide bonds. The number of benzene rings is 1. The molecule has 2 heterocycles. The SMILES string of the molecule is CC1CCC(Nc2ccc3c(c2)OC(C)(C)O3)C(n2cncn2)C1. The van der Waals surface area contributed by atoms with Crippen molar-refractivity contribution in [3.05, 3.63) is 30.9 Å². The maximum absolute atomic E-state index is 5.85. The molecule has 1 saturated carbocycles. The Morgan fingerprint density at radius 3 is 2.83 bits per heavy atom. The fraction of sp³-hybridized carbons (Fsp3) is 0.556. The van der Waals surface area contributed by atoms with Gasteiger partial charge < -0.3 is 14.8 Å². The zero-order valence-electron chi connectivity index (χ0n) is 14.4. The van der Waals surface area contributed by atoms with Crippen LogP contribution >= 0.6 is 0 Å². The highest BCUT2D eigenvalue weighted by atomic mass is 16.7. The number of aromatic nitrogens is 3. The van der Waals surface area contributed by atoms with Crippen molar-refractivity contribution in [1.82, 2.24) is 14.8 Å². The molecule has 0 bridgehead atoms. The first-order chi connectivity index (χ1) is 11.5. The maximum atomic E-state index is 5.85. The van der Waals surface area contributed by atoms with Crippen molar-refractivity contribution in [3.8, 4) is 11.5 Å². The molecule has 1 aromatic carbocycles. The smallest absolute Gasteiger partial charge is 0.246 e. The van der Waals surface area contributed by atoms with Gasteiger partial charge in [-0.3, -0.25) is 0 Å². The van der Waals surface area contributed by atoms with Gasteiger partial charge in [-0.1, -0.05) is 6.92 Å². The number of nitrogens with one attached hydrogen (secondary N) is 1. The van der Waals surface area contributed by atoms with E-state index in [2.05, 4.69) is 28.4 Å². The fourth-order valence-electron chi connectivity index (χ4n) is 3.73. The number of hydrogen-bond acceptors (Lipinski definition) is 5. The van der Waals surface area contributed by atoms with Crippen LogP contribution in [-0.2, 0) is 0 Å². The lowest BCUT2D eigenvalue weighted by Gasteiger charge is -2.35. The van der Waals surface area contributed by atoms with E-state index in [9.17, 15) is 0 Å². The van der Waals surface area contributed by atoms with Crippen molar-refractivity contribution in [2.45, 2.75) is 57.9 Å². The highest BCUT2D eigenvalue weighted by molar-refractivity contribution is 5.56. The Morgan fingerprint density at radius 1 is 1.21 bits per heavy atom. The van der Waals surface area contributed by atoms with Gasteiger partial charge in [0.25, 0.3) is 0 Å². The molecule has 4 rings (SSSR count). The molecule has 1 aliphatic carbocycles. The summed E-state index contributed by atoms with van der Waals surface area (Å²) < 4.78 is 13.6. The molecule has 0 saturated heterocycles. The van der Waals surface area contributed by atoms with Gasteiger partial charge in [-0.15, -0.1) is 0 Å². The normalized spacial score (nSPS) is 27.9. The van der Waals surface area contributed by atoms with Crippen LogP contribution in [0.5, 0.6) is 11.5 Å². The zero-order chi connectivity index (χ0) is 16.7. The van der Waals surface area contributed by atoms with Gasteiger partial charge in [0, 0.05) is 31.6 Å². The predicted molar refractivity (Wildman–Crippen MR) is 91.3 cm³/mol. The molecule has 0 radical (unpaired) electrons. The number of anilines is 1. The Balaban J connectivity index is 1.54. The van der Waals surface area contributed by atoms with Crippen molar-refractivity contribution in [2.75, 3.05) is 5.32 Å². The van der Waals surface area contributed by atoms with Crippen LogP contribution in [0.15, 0.2) is 30.9 Å². The summed E-state index contributed by atoms with van der Waals surface area (Å²) in [6.45, 7) is 6.15. The number of ether oxygens (including phenoxy) is 2. The van der Waals surface area contributed by atoms with Gasteiger partial charge in [0.2, 0.25) is 5.79 Å². The topological polar surface area (TPSA) is 61.2 Å². The standard InChI is InChI=1S/C18H24N4O2/c1-12-4-6-14(15(8-12)22-11-19-10-20-22)21-13-5-7-16-17(9-13)24-18(2,3)23-16/h5,7,9-12,14-15,21H,4,6,8H2,1-3H3. The quantitative estimate of drug-likeness (QED) is 0.932. The molecule has 1 fully saturated rings. The van der Waals surface area contributed by atoms with Crippen LogP contribution in [0.2, 0.25) is 0 Å². The molecule has 6 nitrogen and oxygen atoms in total. The number of hydrogen-bond donors (Lipinski definition) is 1. The molecule has 3 unspecified atom stereocenters. The minimum Gasteiger partial charge on any atom is -0.449 e. The number of fused-ring (bicyclic) bond motifs is 1. The largest absolute Gasteiger partial charge is 0.449 e. The molecular formula is C18H24N4O2.